The molecule has 2 aromatic heterocycles. The molecule has 6 nitrogen and oxygen atoms in total. The van der Waals surface area contributed by atoms with Crippen LogP contribution in [0.1, 0.15) is 16.1 Å². The van der Waals surface area contributed by atoms with Gasteiger partial charge in [0.2, 0.25) is 0 Å². The predicted octanol–water partition coefficient (Wildman–Crippen LogP) is 1.68. The van der Waals surface area contributed by atoms with E-state index < -0.39 is 5.91 Å². The van der Waals surface area contributed by atoms with Gasteiger partial charge < -0.3 is 16.0 Å². The number of amides is 1. The lowest BCUT2D eigenvalue weighted by molar-refractivity contribution is 0.102. The van der Waals surface area contributed by atoms with E-state index in [4.69, 9.17) is 5.73 Å². The maximum Gasteiger partial charge on any atom is 0.262 e. The highest BCUT2D eigenvalue weighted by Crippen LogP contribution is 2.21. The Morgan fingerprint density at radius 2 is 2.21 bits per heavy atom. The molecule has 1 amide bonds. The first-order chi connectivity index (χ1) is 8.97. The van der Waals surface area contributed by atoms with E-state index in [0.717, 1.165) is 0 Å². The quantitative estimate of drug-likeness (QED) is 0.782. The van der Waals surface area contributed by atoms with E-state index >= 15 is 0 Å². The molecule has 98 valence electrons. The van der Waals surface area contributed by atoms with Crippen LogP contribution in [-0.4, -0.2) is 15.9 Å². The van der Waals surface area contributed by atoms with Gasteiger partial charge in [0.05, 0.1) is 16.4 Å². The molecule has 2 heterocycles. The van der Waals surface area contributed by atoms with Crippen molar-refractivity contribution in [2.24, 2.45) is 0 Å². The van der Waals surface area contributed by atoms with Gasteiger partial charge in [0.15, 0.2) is 5.43 Å². The van der Waals surface area contributed by atoms with Crippen LogP contribution >= 0.6 is 15.9 Å². The van der Waals surface area contributed by atoms with E-state index in [1.807, 2.05) is 0 Å². The lowest BCUT2D eigenvalue weighted by Crippen LogP contribution is -2.22. The van der Waals surface area contributed by atoms with Gasteiger partial charge in [0.25, 0.3) is 5.91 Å². The van der Waals surface area contributed by atoms with Gasteiger partial charge in [-0.2, -0.15) is 0 Å². The fourth-order valence-electron chi connectivity index (χ4n) is 1.47. The van der Waals surface area contributed by atoms with Crippen molar-refractivity contribution in [3.8, 4) is 0 Å². The average Bonchev–Trinajstić information content (AvgIpc) is 2.32. The van der Waals surface area contributed by atoms with Gasteiger partial charge in [-0.1, -0.05) is 0 Å². The van der Waals surface area contributed by atoms with Gasteiger partial charge in [-0.15, -0.1) is 0 Å². The number of nitrogens with two attached hydrogens (primary N) is 1. The number of nitrogens with one attached hydrogen (secondary N) is 2. The number of carbonyl (C=O) groups is 1. The molecule has 0 saturated carbocycles. The number of nitrogen functional groups attached to an aromatic ring is 1. The summed E-state index contributed by atoms with van der Waals surface area (Å²) in [5, 5.41) is 2.54. The van der Waals surface area contributed by atoms with Crippen LogP contribution < -0.4 is 16.5 Å². The van der Waals surface area contributed by atoms with E-state index in [-0.39, 0.29) is 11.0 Å². The van der Waals surface area contributed by atoms with Crippen LogP contribution in [0.25, 0.3) is 0 Å². The van der Waals surface area contributed by atoms with Crippen molar-refractivity contribution in [3.63, 3.8) is 0 Å². The van der Waals surface area contributed by atoms with Crippen molar-refractivity contribution in [1.82, 2.24) is 9.97 Å². The van der Waals surface area contributed by atoms with E-state index in [0.29, 0.717) is 21.7 Å². The van der Waals surface area contributed by atoms with Gasteiger partial charge in [-0.05, 0) is 28.9 Å². The van der Waals surface area contributed by atoms with Crippen LogP contribution in [0, 0.1) is 6.92 Å². The summed E-state index contributed by atoms with van der Waals surface area (Å²) in [6.07, 6.45) is 2.79. The normalized spacial score (nSPS) is 10.2. The molecule has 19 heavy (non-hydrogen) atoms. The Morgan fingerprint density at radius 1 is 1.47 bits per heavy atom. The molecule has 0 aliphatic heterocycles. The van der Waals surface area contributed by atoms with Crippen LogP contribution in [0.3, 0.4) is 0 Å². The first kappa shape index (κ1) is 13.3. The Bertz CT molecular complexity index is 696. The summed E-state index contributed by atoms with van der Waals surface area (Å²) in [6.45, 7) is 1.74. The van der Waals surface area contributed by atoms with Crippen LogP contribution in [0.15, 0.2) is 33.8 Å². The number of anilines is 2. The maximum absolute atomic E-state index is 12.0. The molecule has 2 rings (SSSR count). The van der Waals surface area contributed by atoms with Crippen molar-refractivity contribution >= 4 is 33.3 Å². The van der Waals surface area contributed by atoms with E-state index in [1.54, 1.807) is 13.0 Å². The molecule has 0 unspecified atom stereocenters. The van der Waals surface area contributed by atoms with Gasteiger partial charge in [0, 0.05) is 18.0 Å². The van der Waals surface area contributed by atoms with Crippen LogP contribution in [0.2, 0.25) is 0 Å². The highest BCUT2D eigenvalue weighted by Gasteiger charge is 2.12. The number of aromatic amines is 1. The Hall–Kier alpha value is -2.15. The molecular weight excluding hydrogens is 312 g/mol. The minimum atomic E-state index is -0.528. The standard InChI is InChI=1S/C12H11BrN4O2/c1-6-2-10(18)8(5-15-6)12(19)17-11-9(13)3-7(14)4-16-11/h2-5H,14H2,1H3,(H,15,18)(H,16,17,19). The summed E-state index contributed by atoms with van der Waals surface area (Å²) < 4.78 is 0.546. The van der Waals surface area contributed by atoms with Gasteiger partial charge in [0.1, 0.15) is 11.4 Å². The first-order valence-electron chi connectivity index (χ1n) is 5.39. The third kappa shape index (κ3) is 3.00. The zero-order valence-corrected chi connectivity index (χ0v) is 11.6. The lowest BCUT2D eigenvalue weighted by Gasteiger charge is -2.06. The van der Waals surface area contributed by atoms with E-state index in [9.17, 15) is 9.59 Å². The number of H-pyrrole nitrogens is 1. The van der Waals surface area contributed by atoms with Crippen molar-refractivity contribution in [2.45, 2.75) is 6.92 Å². The molecule has 0 aromatic carbocycles. The second-order valence-electron chi connectivity index (χ2n) is 3.95. The van der Waals surface area contributed by atoms with Crippen molar-refractivity contribution in [3.05, 3.63) is 50.5 Å². The van der Waals surface area contributed by atoms with Crippen LogP contribution in [0.4, 0.5) is 11.5 Å². The number of carbonyl (C=O) groups excluding carboxylic acids is 1. The Kier molecular flexibility index (Phi) is 3.66. The summed E-state index contributed by atoms with van der Waals surface area (Å²) in [7, 11) is 0. The second-order valence-corrected chi connectivity index (χ2v) is 4.80. The van der Waals surface area contributed by atoms with Crippen LogP contribution in [0.5, 0.6) is 0 Å². The Balaban J connectivity index is 2.28. The number of hydrogen-bond donors (Lipinski definition) is 3. The first-order valence-corrected chi connectivity index (χ1v) is 6.18. The molecule has 2 aromatic rings. The average molecular weight is 323 g/mol. The summed E-state index contributed by atoms with van der Waals surface area (Å²) in [6, 6.07) is 2.97. The Labute approximate surface area is 117 Å². The minimum absolute atomic E-state index is 0.0242. The summed E-state index contributed by atoms with van der Waals surface area (Å²) in [4.78, 5) is 30.4. The minimum Gasteiger partial charge on any atom is -0.397 e. The number of aryl methyl sites for hydroxylation is 1. The summed E-state index contributed by atoms with van der Waals surface area (Å²) in [5.41, 5.74) is 6.39. The molecule has 4 N–H and O–H groups in total. The third-order valence-electron chi connectivity index (χ3n) is 2.40. The number of aromatic nitrogens is 2. The van der Waals surface area contributed by atoms with Crippen molar-refractivity contribution in [1.29, 1.82) is 0 Å². The Morgan fingerprint density at radius 3 is 2.84 bits per heavy atom. The number of nitrogens with zero attached hydrogens (tertiary/aromatic N) is 1. The summed E-state index contributed by atoms with van der Waals surface area (Å²) >= 11 is 3.24. The van der Waals surface area contributed by atoms with Gasteiger partial charge >= 0.3 is 0 Å². The number of hydrogen-bond acceptors (Lipinski definition) is 4. The molecule has 0 aliphatic rings. The number of pyridine rings is 2. The smallest absolute Gasteiger partial charge is 0.262 e. The molecule has 0 aliphatic carbocycles. The summed E-state index contributed by atoms with van der Waals surface area (Å²) in [5.74, 6) is -0.224. The predicted molar refractivity (Wildman–Crippen MR) is 76.1 cm³/mol. The van der Waals surface area contributed by atoms with Gasteiger partial charge in [-0.3, -0.25) is 9.59 Å². The van der Waals surface area contributed by atoms with E-state index in [2.05, 4.69) is 31.2 Å². The van der Waals surface area contributed by atoms with Crippen molar-refractivity contribution < 1.29 is 4.79 Å². The zero-order valence-electron chi connectivity index (χ0n) is 10.0. The molecule has 0 atom stereocenters. The molecule has 0 bridgehead atoms. The fraction of sp³-hybridized carbons (Fsp3) is 0.0833. The second kappa shape index (κ2) is 5.23. The number of halogens is 1. The molecule has 0 spiro atoms. The van der Waals surface area contributed by atoms with E-state index in [1.165, 1.54) is 18.5 Å². The maximum atomic E-state index is 12.0. The highest BCUT2D eigenvalue weighted by molar-refractivity contribution is 9.10. The monoisotopic (exact) mass is 322 g/mol. The fourth-order valence-corrected chi connectivity index (χ4v) is 1.94. The zero-order chi connectivity index (χ0) is 14.0. The van der Waals surface area contributed by atoms with Crippen LogP contribution in [-0.2, 0) is 0 Å². The molecule has 0 radical (unpaired) electrons. The number of rotatable bonds is 2. The highest BCUT2D eigenvalue weighted by atomic mass is 79.9. The largest absolute Gasteiger partial charge is 0.397 e. The topological polar surface area (TPSA) is 101 Å². The lowest BCUT2D eigenvalue weighted by atomic mass is 10.2. The van der Waals surface area contributed by atoms with Crippen molar-refractivity contribution in [2.75, 3.05) is 11.1 Å². The molecular formula is C12H11BrN4O2. The third-order valence-corrected chi connectivity index (χ3v) is 3.00. The molecule has 0 fully saturated rings. The molecule has 7 heteroatoms. The van der Waals surface area contributed by atoms with Gasteiger partial charge in [-0.25, -0.2) is 4.98 Å². The SMILES string of the molecule is Cc1cc(=O)c(C(=O)Nc2ncc(N)cc2Br)c[nH]1. The molecule has 0 saturated heterocycles.